The Labute approximate surface area is 399 Å². The highest BCUT2D eigenvalue weighted by Crippen LogP contribution is 2.49. The average molecular weight is 931 g/mol. The van der Waals surface area contributed by atoms with E-state index in [4.69, 9.17) is 11.5 Å². The van der Waals surface area contributed by atoms with Crippen LogP contribution in [0.3, 0.4) is 0 Å². The molecule has 20 heteroatoms. The second kappa shape index (κ2) is 17.5. The topological polar surface area (TPSA) is 259 Å². The van der Waals surface area contributed by atoms with Crippen molar-refractivity contribution in [1.29, 1.82) is 0 Å². The molecule has 10 heterocycles. The first-order chi connectivity index (χ1) is 33.9. The van der Waals surface area contributed by atoms with Crippen LogP contribution >= 0.6 is 0 Å². The lowest BCUT2D eigenvalue weighted by molar-refractivity contribution is -0.118. The molecule has 70 heavy (non-hydrogen) atoms. The van der Waals surface area contributed by atoms with Crippen molar-refractivity contribution < 1.29 is 9.59 Å². The lowest BCUT2D eigenvalue weighted by Crippen LogP contribution is -2.15. The third-order valence-corrected chi connectivity index (χ3v) is 12.8. The molecule has 20 nitrogen and oxygen atoms in total. The van der Waals surface area contributed by atoms with E-state index in [1.807, 2.05) is 114 Å². The molecule has 348 valence electrons. The van der Waals surface area contributed by atoms with Crippen LogP contribution in [0.25, 0.3) is 55.7 Å². The standard InChI is InChI=1S/2C25H23N9O/c2*1-14-6-23(34-5-3-4-29-34)28-11-19(14)21-7-15-8-22(27-12-20(15)24(26)31-21)32-25(35)18-9-17(18)16-10-30-33(2)13-16/h2*3-8,10-13,17-18H,9H2,1-2H3,(H2,26,31)(H,27,32,35)/t2*17-,18+/m10/s1. The second-order valence-electron chi connectivity index (χ2n) is 17.8. The van der Waals surface area contributed by atoms with Gasteiger partial charge in [-0.15, -0.1) is 0 Å². The minimum Gasteiger partial charge on any atom is -0.383 e. The number of nitrogen functional groups attached to an aromatic ring is 2. The predicted octanol–water partition coefficient (Wildman–Crippen LogP) is 6.49. The fourth-order valence-corrected chi connectivity index (χ4v) is 8.85. The molecule has 0 spiro atoms. The summed E-state index contributed by atoms with van der Waals surface area (Å²) in [5, 5.41) is 25.9. The molecule has 10 aromatic heterocycles. The molecule has 12 rings (SSSR count). The average Bonchev–Trinajstić information content (AvgIpc) is 3.89. The van der Waals surface area contributed by atoms with Crippen molar-refractivity contribution in [3.63, 3.8) is 0 Å². The van der Waals surface area contributed by atoms with Crippen molar-refractivity contribution >= 4 is 56.6 Å². The van der Waals surface area contributed by atoms with Gasteiger partial charge in [-0.1, -0.05) is 0 Å². The van der Waals surface area contributed by atoms with Crippen LogP contribution in [0.2, 0.25) is 0 Å². The lowest BCUT2D eigenvalue weighted by Gasteiger charge is -2.11. The van der Waals surface area contributed by atoms with Gasteiger partial charge in [-0.05, 0) is 120 Å². The van der Waals surface area contributed by atoms with Crippen LogP contribution in [0.4, 0.5) is 23.3 Å². The first-order valence-electron chi connectivity index (χ1n) is 22.6. The number of fused-ring (bicyclic) bond motifs is 2. The number of aromatic nitrogens is 14. The highest BCUT2D eigenvalue weighted by Gasteiger charge is 2.45. The summed E-state index contributed by atoms with van der Waals surface area (Å²) in [6.07, 6.45) is 23.1. The SMILES string of the molecule is Cc1cc(-n2cccn2)ncc1-c1cc2cc(NC(=O)[C@@H]3C[C@H]3c3cnn(C)c3)ncc2c(N)n1.Cc1cc(-n2cccn2)ncc1-c1cc2cc(NC(=O)[C@H]3C[C@@H]3c3cnn(C)c3)ncc2c(N)n1. The van der Waals surface area contributed by atoms with E-state index in [-0.39, 0.29) is 35.5 Å². The molecule has 2 fully saturated rings. The number of nitrogens with two attached hydrogens (primary N) is 2. The van der Waals surface area contributed by atoms with Gasteiger partial charge in [0, 0.05) is 110 Å². The number of nitrogens with zero attached hydrogens (tertiary/aromatic N) is 14. The number of hydrogen-bond donors (Lipinski definition) is 4. The Morgan fingerprint density at radius 1 is 0.571 bits per heavy atom. The van der Waals surface area contributed by atoms with Crippen LogP contribution in [0.1, 0.15) is 46.9 Å². The zero-order valence-electron chi connectivity index (χ0n) is 38.5. The molecule has 10 aromatic rings. The number of hydrogen-bond acceptors (Lipinski definition) is 14. The van der Waals surface area contributed by atoms with Gasteiger partial charge in [0.25, 0.3) is 0 Å². The molecule has 0 radical (unpaired) electrons. The van der Waals surface area contributed by atoms with Crippen LogP contribution < -0.4 is 22.1 Å². The number of rotatable bonds is 10. The molecule has 2 aliphatic carbocycles. The Balaban J connectivity index is 0.000000152. The number of pyridine rings is 6. The van der Waals surface area contributed by atoms with Crippen molar-refractivity contribution in [3.8, 4) is 34.2 Å². The van der Waals surface area contributed by atoms with E-state index in [0.29, 0.717) is 34.7 Å². The van der Waals surface area contributed by atoms with E-state index in [2.05, 4.69) is 60.9 Å². The lowest BCUT2D eigenvalue weighted by atomic mass is 10.1. The van der Waals surface area contributed by atoms with Crippen LogP contribution in [0.5, 0.6) is 0 Å². The Hall–Kier alpha value is -9.20. The van der Waals surface area contributed by atoms with Gasteiger partial charge in [0.05, 0.1) is 23.8 Å². The summed E-state index contributed by atoms with van der Waals surface area (Å²) in [4.78, 5) is 52.6. The summed E-state index contributed by atoms with van der Waals surface area (Å²) < 4.78 is 6.92. The normalized spacial score (nSPS) is 17.0. The van der Waals surface area contributed by atoms with E-state index in [9.17, 15) is 9.59 Å². The molecule has 0 bridgehead atoms. The van der Waals surface area contributed by atoms with Gasteiger partial charge < -0.3 is 22.1 Å². The summed E-state index contributed by atoms with van der Waals surface area (Å²) >= 11 is 0. The first-order valence-corrected chi connectivity index (χ1v) is 22.6. The summed E-state index contributed by atoms with van der Waals surface area (Å²) in [7, 11) is 3.75. The Morgan fingerprint density at radius 3 is 1.39 bits per heavy atom. The van der Waals surface area contributed by atoms with Crippen LogP contribution in [0.15, 0.2) is 123 Å². The minimum atomic E-state index is -0.0724. The Morgan fingerprint density at radius 2 is 1.01 bits per heavy atom. The van der Waals surface area contributed by atoms with Gasteiger partial charge in [0.15, 0.2) is 11.6 Å². The van der Waals surface area contributed by atoms with Crippen LogP contribution in [-0.4, -0.2) is 80.8 Å². The fraction of sp³-hybridized carbons (Fsp3) is 0.200. The maximum absolute atomic E-state index is 12.8. The van der Waals surface area contributed by atoms with Gasteiger partial charge >= 0.3 is 0 Å². The van der Waals surface area contributed by atoms with Crippen LogP contribution in [0, 0.1) is 25.7 Å². The van der Waals surface area contributed by atoms with E-state index in [1.165, 1.54) is 0 Å². The third kappa shape index (κ3) is 8.64. The van der Waals surface area contributed by atoms with Gasteiger partial charge in [-0.25, -0.2) is 39.3 Å². The highest BCUT2D eigenvalue weighted by atomic mass is 16.2. The fourth-order valence-electron chi connectivity index (χ4n) is 8.85. The van der Waals surface area contributed by atoms with Gasteiger partial charge in [-0.2, -0.15) is 20.4 Å². The van der Waals surface area contributed by atoms with Crippen LogP contribution in [-0.2, 0) is 23.7 Å². The maximum Gasteiger partial charge on any atom is 0.229 e. The number of carbonyl (C=O) groups excluding carboxylic acids is 2. The van der Waals surface area contributed by atoms with E-state index in [0.717, 1.165) is 79.4 Å². The minimum absolute atomic E-state index is 0.0396. The van der Waals surface area contributed by atoms with E-state index < -0.39 is 0 Å². The molecule has 2 saturated carbocycles. The second-order valence-corrected chi connectivity index (χ2v) is 17.8. The van der Waals surface area contributed by atoms with Crippen molar-refractivity contribution in [2.45, 2.75) is 38.5 Å². The van der Waals surface area contributed by atoms with Gasteiger partial charge in [0.2, 0.25) is 11.8 Å². The summed E-state index contributed by atoms with van der Waals surface area (Å²) in [6.45, 7) is 4.00. The largest absolute Gasteiger partial charge is 0.383 e. The number of amides is 2. The molecule has 4 atom stereocenters. The summed E-state index contributed by atoms with van der Waals surface area (Å²) in [5.74, 6) is 3.35. The third-order valence-electron chi connectivity index (χ3n) is 12.8. The smallest absolute Gasteiger partial charge is 0.229 e. The Bertz CT molecular complexity index is 3380. The molecule has 0 unspecified atom stereocenters. The monoisotopic (exact) mass is 930 g/mol. The molecular weight excluding hydrogens is 885 g/mol. The molecular formula is C50H46N18O2. The number of anilines is 4. The molecule has 2 amide bonds. The first kappa shape index (κ1) is 43.4. The number of aryl methyl sites for hydroxylation is 4. The van der Waals surface area contributed by atoms with Crippen molar-refractivity contribution in [3.05, 3.63) is 145 Å². The summed E-state index contributed by atoms with van der Waals surface area (Å²) in [5.41, 5.74) is 19.8. The van der Waals surface area contributed by atoms with Gasteiger partial charge in [0.1, 0.15) is 23.3 Å². The molecule has 0 aliphatic heterocycles. The maximum atomic E-state index is 12.8. The molecule has 0 aromatic carbocycles. The van der Waals surface area contributed by atoms with Gasteiger partial charge in [-0.3, -0.25) is 19.0 Å². The zero-order chi connectivity index (χ0) is 48.2. The Kier molecular flexibility index (Phi) is 10.8. The highest BCUT2D eigenvalue weighted by molar-refractivity contribution is 6.00. The number of carbonyl (C=O) groups is 2. The quantitative estimate of drug-likeness (QED) is 0.114. The van der Waals surface area contributed by atoms with Crippen molar-refractivity contribution in [2.24, 2.45) is 25.9 Å². The molecule has 6 N–H and O–H groups in total. The molecule has 2 aliphatic rings. The van der Waals surface area contributed by atoms with E-state index >= 15 is 0 Å². The predicted molar refractivity (Wildman–Crippen MR) is 263 cm³/mol. The molecule has 0 saturated heterocycles. The number of nitrogens with one attached hydrogen (secondary N) is 2. The van der Waals surface area contributed by atoms with Crippen molar-refractivity contribution in [2.75, 3.05) is 22.1 Å². The zero-order valence-corrected chi connectivity index (χ0v) is 38.5. The summed E-state index contributed by atoms with van der Waals surface area (Å²) in [6, 6.07) is 15.2. The van der Waals surface area contributed by atoms with E-state index in [1.54, 1.807) is 55.9 Å². The van der Waals surface area contributed by atoms with Crippen molar-refractivity contribution in [1.82, 2.24) is 69.0 Å².